The Bertz CT molecular complexity index is 422. The van der Waals surface area contributed by atoms with Gasteiger partial charge in [0.1, 0.15) is 6.04 Å². The fraction of sp³-hybridized carbons (Fsp3) is 0.467. The Labute approximate surface area is 124 Å². The van der Waals surface area contributed by atoms with Crippen LogP contribution in [-0.4, -0.2) is 34.5 Å². The van der Waals surface area contributed by atoms with Crippen LogP contribution < -0.4 is 5.32 Å². The van der Waals surface area contributed by atoms with Crippen LogP contribution >= 0.6 is 11.8 Å². The maximum absolute atomic E-state index is 11.9. The molecule has 0 spiro atoms. The van der Waals surface area contributed by atoms with Gasteiger partial charge in [-0.05, 0) is 36.5 Å². The third-order valence-corrected chi connectivity index (χ3v) is 3.93. The molecule has 0 fully saturated rings. The van der Waals surface area contributed by atoms with E-state index in [4.69, 9.17) is 5.11 Å². The van der Waals surface area contributed by atoms with Crippen LogP contribution in [0.4, 0.5) is 0 Å². The zero-order valence-corrected chi connectivity index (χ0v) is 12.5. The van der Waals surface area contributed by atoms with Gasteiger partial charge in [-0.1, -0.05) is 31.5 Å². The Morgan fingerprint density at radius 1 is 1.25 bits per heavy atom. The van der Waals surface area contributed by atoms with Gasteiger partial charge in [-0.3, -0.25) is 4.79 Å². The van der Waals surface area contributed by atoms with Gasteiger partial charge in [-0.25, -0.2) is 4.79 Å². The van der Waals surface area contributed by atoms with Crippen LogP contribution in [0.2, 0.25) is 0 Å². The molecule has 5 heteroatoms. The first-order chi connectivity index (χ1) is 9.65. The van der Waals surface area contributed by atoms with E-state index in [1.807, 2.05) is 6.07 Å². The summed E-state index contributed by atoms with van der Waals surface area (Å²) in [7, 11) is 0. The Morgan fingerprint density at radius 2 is 1.95 bits per heavy atom. The van der Waals surface area contributed by atoms with Crippen molar-refractivity contribution in [2.75, 3.05) is 11.5 Å². The van der Waals surface area contributed by atoms with Gasteiger partial charge in [0, 0.05) is 5.56 Å². The molecule has 4 nitrogen and oxygen atoms in total. The van der Waals surface area contributed by atoms with Gasteiger partial charge in [0.05, 0.1) is 0 Å². The topological polar surface area (TPSA) is 66.4 Å². The number of carboxylic acids is 1. The second-order valence-corrected chi connectivity index (χ2v) is 5.71. The molecule has 0 saturated carbocycles. The van der Waals surface area contributed by atoms with Crippen molar-refractivity contribution >= 4 is 23.6 Å². The number of carboxylic acid groups (broad SMARTS) is 1. The maximum atomic E-state index is 11.9. The molecule has 1 aromatic carbocycles. The number of nitrogens with one attached hydrogen (secondary N) is 1. The smallest absolute Gasteiger partial charge is 0.326 e. The zero-order valence-electron chi connectivity index (χ0n) is 11.7. The molecule has 0 aliphatic heterocycles. The molecule has 0 heterocycles. The quantitative estimate of drug-likeness (QED) is 0.688. The molecule has 1 amide bonds. The molecule has 1 rings (SSSR count). The van der Waals surface area contributed by atoms with Gasteiger partial charge in [-0.15, -0.1) is 0 Å². The van der Waals surface area contributed by atoms with Crippen LogP contribution in [0.3, 0.4) is 0 Å². The van der Waals surface area contributed by atoms with Gasteiger partial charge < -0.3 is 10.4 Å². The first-order valence-electron chi connectivity index (χ1n) is 6.81. The van der Waals surface area contributed by atoms with Crippen molar-refractivity contribution in [3.8, 4) is 0 Å². The van der Waals surface area contributed by atoms with Crippen LogP contribution in [-0.2, 0) is 4.79 Å². The summed E-state index contributed by atoms with van der Waals surface area (Å²) in [4.78, 5) is 23.1. The highest BCUT2D eigenvalue weighted by Gasteiger charge is 2.20. The Morgan fingerprint density at radius 3 is 2.55 bits per heavy atom. The van der Waals surface area contributed by atoms with Crippen LogP contribution in [0.15, 0.2) is 30.3 Å². The van der Waals surface area contributed by atoms with E-state index in [0.717, 1.165) is 24.3 Å². The minimum atomic E-state index is -0.981. The van der Waals surface area contributed by atoms with E-state index >= 15 is 0 Å². The Kier molecular flexibility index (Phi) is 7.80. The third-order valence-electron chi connectivity index (χ3n) is 2.83. The minimum Gasteiger partial charge on any atom is -0.480 e. The molecule has 110 valence electrons. The summed E-state index contributed by atoms with van der Waals surface area (Å²) in [5.74, 6) is 0.462. The molecule has 20 heavy (non-hydrogen) atoms. The van der Waals surface area contributed by atoms with Gasteiger partial charge in [-0.2, -0.15) is 11.8 Å². The highest BCUT2D eigenvalue weighted by molar-refractivity contribution is 7.99. The van der Waals surface area contributed by atoms with Crippen LogP contribution in [0, 0.1) is 0 Å². The number of amides is 1. The summed E-state index contributed by atoms with van der Waals surface area (Å²) in [6, 6.07) is 7.85. The monoisotopic (exact) mass is 295 g/mol. The minimum absolute atomic E-state index is 0.337. The molecule has 2 N–H and O–H groups in total. The number of aliphatic carboxylic acids is 1. The molecule has 1 unspecified atom stereocenters. The van der Waals surface area contributed by atoms with Crippen molar-refractivity contribution in [2.45, 2.75) is 32.2 Å². The number of unbranched alkanes of at least 4 members (excludes halogenated alkanes) is 1. The first kappa shape index (κ1) is 16.6. The van der Waals surface area contributed by atoms with Crippen LogP contribution in [0.25, 0.3) is 0 Å². The second-order valence-electron chi connectivity index (χ2n) is 4.48. The molecular formula is C15H21NO3S. The number of carbonyl (C=O) groups excluding carboxylic acids is 1. The second kappa shape index (κ2) is 9.42. The van der Waals surface area contributed by atoms with E-state index in [-0.39, 0.29) is 5.91 Å². The van der Waals surface area contributed by atoms with Crippen molar-refractivity contribution in [1.29, 1.82) is 0 Å². The number of rotatable bonds is 9. The molecule has 1 aromatic rings. The Hall–Kier alpha value is -1.49. The summed E-state index contributed by atoms with van der Waals surface area (Å²) < 4.78 is 0. The summed E-state index contributed by atoms with van der Waals surface area (Å²) in [6.07, 6.45) is 2.72. The van der Waals surface area contributed by atoms with Crippen molar-refractivity contribution in [2.24, 2.45) is 0 Å². The molecule has 0 aliphatic carbocycles. The molecule has 0 aliphatic rings. The van der Waals surface area contributed by atoms with Crippen molar-refractivity contribution < 1.29 is 14.7 Å². The highest BCUT2D eigenvalue weighted by Crippen LogP contribution is 2.09. The zero-order chi connectivity index (χ0) is 14.8. The third kappa shape index (κ3) is 6.10. The van der Waals surface area contributed by atoms with Gasteiger partial charge in [0.25, 0.3) is 5.91 Å². The number of carbonyl (C=O) groups is 2. The van der Waals surface area contributed by atoms with E-state index in [1.165, 1.54) is 0 Å². The fourth-order valence-electron chi connectivity index (χ4n) is 1.64. The van der Waals surface area contributed by atoms with Gasteiger partial charge in [0.15, 0.2) is 0 Å². The van der Waals surface area contributed by atoms with Crippen molar-refractivity contribution in [1.82, 2.24) is 5.32 Å². The Balaban J connectivity index is 2.43. The van der Waals surface area contributed by atoms with Gasteiger partial charge in [0.2, 0.25) is 0 Å². The largest absolute Gasteiger partial charge is 0.480 e. The van der Waals surface area contributed by atoms with Gasteiger partial charge >= 0.3 is 5.97 Å². The molecule has 0 radical (unpaired) electrons. The highest BCUT2D eigenvalue weighted by atomic mass is 32.2. The van der Waals surface area contributed by atoms with E-state index in [1.54, 1.807) is 36.0 Å². The van der Waals surface area contributed by atoms with E-state index in [0.29, 0.717) is 12.0 Å². The summed E-state index contributed by atoms with van der Waals surface area (Å²) in [5.41, 5.74) is 0.484. The lowest BCUT2D eigenvalue weighted by Crippen LogP contribution is -2.41. The maximum Gasteiger partial charge on any atom is 0.326 e. The number of thioether (sulfide) groups is 1. The molecule has 0 saturated heterocycles. The normalized spacial score (nSPS) is 11.8. The van der Waals surface area contributed by atoms with Crippen LogP contribution in [0.1, 0.15) is 36.5 Å². The summed E-state index contributed by atoms with van der Waals surface area (Å²) >= 11 is 1.73. The molecule has 0 aromatic heterocycles. The number of benzene rings is 1. The van der Waals surface area contributed by atoms with Crippen molar-refractivity contribution in [3.63, 3.8) is 0 Å². The van der Waals surface area contributed by atoms with Crippen molar-refractivity contribution in [3.05, 3.63) is 35.9 Å². The predicted octanol–water partition coefficient (Wildman–Crippen LogP) is 2.79. The fourth-order valence-corrected chi connectivity index (χ4v) is 2.74. The van der Waals surface area contributed by atoms with E-state index in [2.05, 4.69) is 12.2 Å². The SMILES string of the molecule is CCCCSCCC(NC(=O)c1ccccc1)C(=O)O. The summed E-state index contributed by atoms with van der Waals surface area (Å²) in [6.45, 7) is 2.13. The average molecular weight is 295 g/mol. The molecule has 1 atom stereocenters. The lowest BCUT2D eigenvalue weighted by Gasteiger charge is -2.14. The summed E-state index contributed by atoms with van der Waals surface area (Å²) in [5, 5.41) is 11.7. The average Bonchev–Trinajstić information content (AvgIpc) is 2.46. The lowest BCUT2D eigenvalue weighted by atomic mass is 10.1. The first-order valence-corrected chi connectivity index (χ1v) is 7.97. The number of hydrogen-bond acceptors (Lipinski definition) is 3. The number of hydrogen-bond donors (Lipinski definition) is 2. The lowest BCUT2D eigenvalue weighted by molar-refractivity contribution is -0.139. The molecule has 0 bridgehead atoms. The van der Waals surface area contributed by atoms with E-state index < -0.39 is 12.0 Å². The van der Waals surface area contributed by atoms with Crippen LogP contribution in [0.5, 0.6) is 0 Å². The molecular weight excluding hydrogens is 274 g/mol. The standard InChI is InChI=1S/C15H21NO3S/c1-2-3-10-20-11-9-13(15(18)19)16-14(17)12-7-5-4-6-8-12/h4-8,13H,2-3,9-11H2,1H3,(H,16,17)(H,18,19). The predicted molar refractivity (Wildman–Crippen MR) is 82.2 cm³/mol. The van der Waals surface area contributed by atoms with E-state index in [9.17, 15) is 9.59 Å².